The van der Waals surface area contributed by atoms with Gasteiger partial charge in [-0.25, -0.2) is 0 Å². The zero-order valence-electron chi connectivity index (χ0n) is 24.0. The van der Waals surface area contributed by atoms with E-state index in [1.165, 1.54) is 0 Å². The van der Waals surface area contributed by atoms with Crippen LogP contribution in [0.25, 0.3) is 0 Å². The largest absolute Gasteiger partial charge is 0.493 e. The third-order valence-electron chi connectivity index (χ3n) is 7.24. The molecule has 0 bridgehead atoms. The molecule has 0 saturated carbocycles. The molecular formula is C34H33ClN2O6. The number of methoxy groups -OCH3 is 2. The predicted octanol–water partition coefficient (Wildman–Crippen LogP) is 5.58. The van der Waals surface area contributed by atoms with Crippen molar-refractivity contribution >= 4 is 23.4 Å². The first-order valence-electron chi connectivity index (χ1n) is 13.9. The average molecular weight is 601 g/mol. The van der Waals surface area contributed by atoms with Gasteiger partial charge in [0.05, 0.1) is 20.6 Å². The highest BCUT2D eigenvalue weighted by molar-refractivity contribution is 6.30. The lowest BCUT2D eigenvalue weighted by atomic mass is 10.0. The summed E-state index contributed by atoms with van der Waals surface area (Å²) < 4.78 is 21.7. The van der Waals surface area contributed by atoms with Gasteiger partial charge in [0.2, 0.25) is 18.6 Å². The van der Waals surface area contributed by atoms with Crippen LogP contribution in [0.5, 0.6) is 23.0 Å². The van der Waals surface area contributed by atoms with Crippen molar-refractivity contribution in [1.82, 2.24) is 10.2 Å². The van der Waals surface area contributed by atoms with Crippen molar-refractivity contribution in [3.8, 4) is 23.0 Å². The first-order chi connectivity index (χ1) is 20.9. The van der Waals surface area contributed by atoms with Crippen LogP contribution in [0.2, 0.25) is 5.02 Å². The minimum absolute atomic E-state index is 0.0642. The highest BCUT2D eigenvalue weighted by Crippen LogP contribution is 2.32. The van der Waals surface area contributed by atoms with Crippen LogP contribution < -0.4 is 24.3 Å². The van der Waals surface area contributed by atoms with Crippen molar-refractivity contribution in [3.05, 3.63) is 118 Å². The molecule has 0 fully saturated rings. The molecule has 0 aromatic heterocycles. The molecular weight excluding hydrogens is 568 g/mol. The summed E-state index contributed by atoms with van der Waals surface area (Å²) in [5.74, 6) is 1.94. The van der Waals surface area contributed by atoms with E-state index >= 15 is 0 Å². The van der Waals surface area contributed by atoms with Crippen LogP contribution in [0.4, 0.5) is 0 Å². The van der Waals surface area contributed by atoms with Gasteiger partial charge in [-0.3, -0.25) is 9.59 Å². The van der Waals surface area contributed by atoms with Crippen molar-refractivity contribution < 1.29 is 28.5 Å². The summed E-state index contributed by atoms with van der Waals surface area (Å²) in [5.41, 5.74) is 3.39. The van der Waals surface area contributed by atoms with Crippen LogP contribution in [0.1, 0.15) is 22.3 Å². The van der Waals surface area contributed by atoms with Crippen LogP contribution in [0, 0.1) is 0 Å². The van der Waals surface area contributed by atoms with E-state index in [4.69, 9.17) is 30.5 Å². The SMILES string of the molecule is COc1ccc(CC(=O)N(Cc2ccc(Cl)cc2)[C@@H](Cc2ccccc2)C(=O)NCc2ccc3c(c2)OCO3)cc1OC. The van der Waals surface area contributed by atoms with Gasteiger partial charge < -0.3 is 29.2 Å². The zero-order valence-corrected chi connectivity index (χ0v) is 24.8. The predicted molar refractivity (Wildman–Crippen MR) is 164 cm³/mol. The normalized spacial score (nSPS) is 12.3. The van der Waals surface area contributed by atoms with E-state index in [0.717, 1.165) is 22.3 Å². The molecule has 0 aliphatic carbocycles. The molecule has 1 atom stereocenters. The number of hydrogen-bond acceptors (Lipinski definition) is 6. The molecule has 1 aliphatic heterocycles. The summed E-state index contributed by atoms with van der Waals surface area (Å²) in [7, 11) is 3.11. The molecule has 1 heterocycles. The minimum Gasteiger partial charge on any atom is -0.493 e. The Morgan fingerprint density at radius 2 is 1.51 bits per heavy atom. The summed E-state index contributed by atoms with van der Waals surface area (Å²) >= 11 is 6.14. The van der Waals surface area contributed by atoms with Crippen molar-refractivity contribution in [3.63, 3.8) is 0 Å². The van der Waals surface area contributed by atoms with Gasteiger partial charge in [-0.2, -0.15) is 0 Å². The lowest BCUT2D eigenvalue weighted by Gasteiger charge is -2.32. The van der Waals surface area contributed by atoms with Crippen LogP contribution in [0.15, 0.2) is 91.0 Å². The smallest absolute Gasteiger partial charge is 0.243 e. The highest BCUT2D eigenvalue weighted by Gasteiger charge is 2.30. The van der Waals surface area contributed by atoms with E-state index in [1.54, 1.807) is 43.4 Å². The summed E-state index contributed by atoms with van der Waals surface area (Å²) in [4.78, 5) is 29.7. The van der Waals surface area contributed by atoms with Gasteiger partial charge in [-0.05, 0) is 58.7 Å². The van der Waals surface area contributed by atoms with Crippen LogP contribution in [-0.2, 0) is 35.5 Å². The van der Waals surface area contributed by atoms with E-state index in [0.29, 0.717) is 34.4 Å². The molecule has 2 amide bonds. The molecule has 222 valence electrons. The van der Waals surface area contributed by atoms with Gasteiger partial charge in [-0.1, -0.05) is 66.2 Å². The molecule has 8 nitrogen and oxygen atoms in total. The second-order valence-electron chi connectivity index (χ2n) is 10.1. The first kappa shape index (κ1) is 29.8. The summed E-state index contributed by atoms with van der Waals surface area (Å²) in [6.45, 7) is 0.657. The number of nitrogens with one attached hydrogen (secondary N) is 1. The molecule has 0 spiro atoms. The van der Waals surface area contributed by atoms with Crippen molar-refractivity contribution in [2.45, 2.75) is 32.0 Å². The molecule has 0 radical (unpaired) electrons. The Bertz CT molecular complexity index is 1560. The van der Waals surface area contributed by atoms with Gasteiger partial charge in [0.15, 0.2) is 23.0 Å². The van der Waals surface area contributed by atoms with E-state index in [-0.39, 0.29) is 38.1 Å². The summed E-state index contributed by atoms with van der Waals surface area (Å²) in [5, 5.41) is 3.64. The van der Waals surface area contributed by atoms with Gasteiger partial charge in [0.25, 0.3) is 0 Å². The van der Waals surface area contributed by atoms with Gasteiger partial charge >= 0.3 is 0 Å². The molecule has 0 unspecified atom stereocenters. The number of carbonyl (C=O) groups excluding carboxylic acids is 2. The number of hydrogen-bond donors (Lipinski definition) is 1. The average Bonchev–Trinajstić information content (AvgIpc) is 3.51. The van der Waals surface area contributed by atoms with E-state index in [1.807, 2.05) is 66.7 Å². The molecule has 0 saturated heterocycles. The van der Waals surface area contributed by atoms with Crippen molar-refractivity contribution in [1.29, 1.82) is 0 Å². The first-order valence-corrected chi connectivity index (χ1v) is 14.3. The molecule has 5 rings (SSSR count). The monoisotopic (exact) mass is 600 g/mol. The number of nitrogens with zero attached hydrogens (tertiary/aromatic N) is 1. The zero-order chi connectivity index (χ0) is 30.2. The topological polar surface area (TPSA) is 86.3 Å². The van der Waals surface area contributed by atoms with Gasteiger partial charge in [0, 0.05) is 24.5 Å². The molecule has 4 aromatic carbocycles. The quantitative estimate of drug-likeness (QED) is 0.228. The third-order valence-corrected chi connectivity index (χ3v) is 7.50. The number of fused-ring (bicyclic) bond motifs is 1. The second kappa shape index (κ2) is 14.0. The van der Waals surface area contributed by atoms with Gasteiger partial charge in [-0.15, -0.1) is 0 Å². The lowest BCUT2D eigenvalue weighted by Crippen LogP contribution is -2.50. The van der Waals surface area contributed by atoms with E-state index in [9.17, 15) is 9.59 Å². The van der Waals surface area contributed by atoms with Crippen LogP contribution in [-0.4, -0.2) is 43.8 Å². The Labute approximate surface area is 256 Å². The maximum atomic E-state index is 14.1. The van der Waals surface area contributed by atoms with Crippen molar-refractivity contribution in [2.75, 3.05) is 21.0 Å². The number of amides is 2. The second-order valence-corrected chi connectivity index (χ2v) is 10.6. The Morgan fingerprint density at radius 3 is 2.26 bits per heavy atom. The third kappa shape index (κ3) is 7.59. The number of halogens is 1. The maximum Gasteiger partial charge on any atom is 0.243 e. The fourth-order valence-electron chi connectivity index (χ4n) is 4.97. The van der Waals surface area contributed by atoms with Crippen LogP contribution in [0.3, 0.4) is 0 Å². The molecule has 9 heteroatoms. The Morgan fingerprint density at radius 1 is 0.814 bits per heavy atom. The number of ether oxygens (including phenoxy) is 4. The molecule has 1 N–H and O–H groups in total. The maximum absolute atomic E-state index is 14.1. The molecule has 43 heavy (non-hydrogen) atoms. The minimum atomic E-state index is -0.792. The molecule has 1 aliphatic rings. The standard InChI is InChI=1S/C34H33ClN2O6/c1-40-29-14-10-25(17-31(29)41-2)19-33(38)37(21-24-8-12-27(35)13-9-24)28(16-23-6-4-3-5-7-23)34(39)36-20-26-11-15-30-32(18-26)43-22-42-30/h3-15,17-18,28H,16,19-22H2,1-2H3,(H,36,39)/t28-/m0/s1. The number of rotatable bonds is 12. The summed E-state index contributed by atoms with van der Waals surface area (Å²) in [6, 6.07) is 27.1. The van der Waals surface area contributed by atoms with E-state index < -0.39 is 6.04 Å². The Hall–Kier alpha value is -4.69. The molecule has 4 aromatic rings. The lowest BCUT2D eigenvalue weighted by molar-refractivity contribution is -0.140. The fraction of sp³-hybridized carbons (Fsp3) is 0.235. The number of carbonyl (C=O) groups is 2. The fourth-order valence-corrected chi connectivity index (χ4v) is 5.09. The summed E-state index contributed by atoms with van der Waals surface area (Å²) in [6.07, 6.45) is 0.397. The van der Waals surface area contributed by atoms with E-state index in [2.05, 4.69) is 5.32 Å². The highest BCUT2D eigenvalue weighted by atomic mass is 35.5. The van der Waals surface area contributed by atoms with Crippen molar-refractivity contribution in [2.24, 2.45) is 0 Å². The van der Waals surface area contributed by atoms with Gasteiger partial charge in [0.1, 0.15) is 6.04 Å². The Kier molecular flexibility index (Phi) is 9.69. The number of benzene rings is 4. The Balaban J connectivity index is 1.44. The van der Waals surface area contributed by atoms with Crippen LogP contribution >= 0.6 is 11.6 Å².